The fourth-order valence-corrected chi connectivity index (χ4v) is 3.15. The van der Waals surface area contributed by atoms with E-state index in [0.29, 0.717) is 13.1 Å². The molecule has 4 amide bonds. The standard InChI is InChI=1S/C25H38N6O2.ClH/c32-24(30-22-12-4-1-5-13-22)28-20-10-18-26-16-8-3-9-17-27-19-11-21-29-25(33)31-23-14-6-2-7-15-23;/h1-2,4-7,12-15,26-27H,3,8-11,16-21H2,(H2,28,30,32)(H2,29,31,33);1H. The van der Waals surface area contributed by atoms with Gasteiger partial charge in [0.2, 0.25) is 0 Å². The monoisotopic (exact) mass is 490 g/mol. The number of carbonyl (C=O) groups excluding carboxylic acids is 2. The van der Waals surface area contributed by atoms with Crippen LogP contribution >= 0.6 is 12.4 Å². The van der Waals surface area contributed by atoms with Crippen LogP contribution < -0.4 is 31.9 Å². The van der Waals surface area contributed by atoms with Crippen LogP contribution in [0.5, 0.6) is 0 Å². The van der Waals surface area contributed by atoms with Crippen molar-refractivity contribution >= 4 is 35.8 Å². The van der Waals surface area contributed by atoms with Crippen molar-refractivity contribution in [3.8, 4) is 0 Å². The first kappa shape index (κ1) is 29.2. The Balaban J connectivity index is 0.00000578. The molecule has 0 saturated heterocycles. The predicted octanol–water partition coefficient (Wildman–Crippen LogP) is 4.18. The van der Waals surface area contributed by atoms with Crippen LogP contribution in [0, 0.1) is 0 Å². The third-order valence-electron chi connectivity index (χ3n) is 4.90. The second kappa shape index (κ2) is 19.6. The number of hydrogen-bond donors (Lipinski definition) is 6. The van der Waals surface area contributed by atoms with Gasteiger partial charge in [0.1, 0.15) is 0 Å². The Bertz CT molecular complexity index is 714. The molecular formula is C25H39ClN6O2. The van der Waals surface area contributed by atoms with E-state index in [0.717, 1.165) is 63.2 Å². The normalized spacial score (nSPS) is 10.1. The topological polar surface area (TPSA) is 106 Å². The van der Waals surface area contributed by atoms with Crippen LogP contribution in [0.25, 0.3) is 0 Å². The van der Waals surface area contributed by atoms with Crippen LogP contribution in [-0.4, -0.2) is 51.3 Å². The first-order chi connectivity index (χ1) is 16.2. The summed E-state index contributed by atoms with van der Waals surface area (Å²) in [5.41, 5.74) is 1.59. The highest BCUT2D eigenvalue weighted by Crippen LogP contribution is 2.04. The molecule has 0 aromatic heterocycles. The van der Waals surface area contributed by atoms with E-state index in [2.05, 4.69) is 31.9 Å². The summed E-state index contributed by atoms with van der Waals surface area (Å²) in [6, 6.07) is 18.5. The first-order valence-corrected chi connectivity index (χ1v) is 11.9. The molecule has 2 rings (SSSR count). The minimum Gasteiger partial charge on any atom is -0.338 e. The minimum absolute atomic E-state index is 0. The lowest BCUT2D eigenvalue weighted by Crippen LogP contribution is -2.31. The van der Waals surface area contributed by atoms with Crippen LogP contribution in [0.1, 0.15) is 32.1 Å². The summed E-state index contributed by atoms with van der Waals surface area (Å²) >= 11 is 0. The van der Waals surface area contributed by atoms with Gasteiger partial charge in [0.15, 0.2) is 0 Å². The van der Waals surface area contributed by atoms with Crippen molar-refractivity contribution in [1.29, 1.82) is 0 Å². The Morgan fingerprint density at radius 2 is 0.882 bits per heavy atom. The van der Waals surface area contributed by atoms with E-state index >= 15 is 0 Å². The lowest BCUT2D eigenvalue weighted by Gasteiger charge is -2.09. The smallest absolute Gasteiger partial charge is 0.319 e. The molecule has 2 aromatic rings. The molecule has 0 atom stereocenters. The summed E-state index contributed by atoms with van der Waals surface area (Å²) in [6.07, 6.45) is 5.27. The van der Waals surface area contributed by atoms with E-state index in [-0.39, 0.29) is 24.5 Å². The number of rotatable bonds is 16. The molecule has 0 fully saturated rings. The molecule has 0 saturated carbocycles. The summed E-state index contributed by atoms with van der Waals surface area (Å²) in [5, 5.41) is 18.2. The number of hydrogen-bond acceptors (Lipinski definition) is 4. The van der Waals surface area contributed by atoms with Crippen molar-refractivity contribution < 1.29 is 9.59 Å². The molecule has 0 radical (unpaired) electrons. The van der Waals surface area contributed by atoms with Crippen molar-refractivity contribution in [3.63, 3.8) is 0 Å². The summed E-state index contributed by atoms with van der Waals surface area (Å²) in [7, 11) is 0. The Hall–Kier alpha value is -2.81. The third-order valence-corrected chi connectivity index (χ3v) is 4.90. The van der Waals surface area contributed by atoms with Gasteiger partial charge in [-0.2, -0.15) is 0 Å². The van der Waals surface area contributed by atoms with Gasteiger partial charge in [-0.1, -0.05) is 42.8 Å². The molecular weight excluding hydrogens is 452 g/mol. The van der Waals surface area contributed by atoms with E-state index in [4.69, 9.17) is 0 Å². The Labute approximate surface area is 209 Å². The number of nitrogens with one attached hydrogen (secondary N) is 6. The van der Waals surface area contributed by atoms with Gasteiger partial charge in [0, 0.05) is 24.5 Å². The first-order valence-electron chi connectivity index (χ1n) is 11.9. The zero-order valence-corrected chi connectivity index (χ0v) is 20.6. The number of carbonyl (C=O) groups is 2. The zero-order valence-electron chi connectivity index (χ0n) is 19.8. The fraction of sp³-hybridized carbons (Fsp3) is 0.440. The van der Waals surface area contributed by atoms with Gasteiger partial charge in [0.05, 0.1) is 0 Å². The van der Waals surface area contributed by atoms with Gasteiger partial charge in [-0.3, -0.25) is 0 Å². The maximum Gasteiger partial charge on any atom is 0.319 e. The lowest BCUT2D eigenvalue weighted by atomic mass is 10.2. The number of unbranched alkanes of at least 4 members (excludes halogenated alkanes) is 2. The van der Waals surface area contributed by atoms with E-state index in [1.165, 1.54) is 6.42 Å². The van der Waals surface area contributed by atoms with Gasteiger partial charge in [-0.15, -0.1) is 12.4 Å². The van der Waals surface area contributed by atoms with Gasteiger partial charge in [-0.25, -0.2) is 9.59 Å². The summed E-state index contributed by atoms with van der Waals surface area (Å²) in [5.74, 6) is 0. The number of halogens is 1. The maximum atomic E-state index is 11.8. The van der Waals surface area contributed by atoms with E-state index < -0.39 is 0 Å². The molecule has 0 heterocycles. The molecule has 2 aromatic carbocycles. The molecule has 34 heavy (non-hydrogen) atoms. The number of amides is 4. The molecule has 6 N–H and O–H groups in total. The second-order valence-electron chi connectivity index (χ2n) is 7.76. The second-order valence-corrected chi connectivity index (χ2v) is 7.76. The number of benzene rings is 2. The van der Waals surface area contributed by atoms with Crippen LogP contribution in [-0.2, 0) is 0 Å². The highest BCUT2D eigenvalue weighted by Gasteiger charge is 2.01. The van der Waals surface area contributed by atoms with E-state index in [1.807, 2.05) is 60.7 Å². The number of urea groups is 2. The quantitative estimate of drug-likeness (QED) is 0.198. The Kier molecular flexibility index (Phi) is 16.9. The number of para-hydroxylation sites is 2. The van der Waals surface area contributed by atoms with E-state index in [1.54, 1.807) is 0 Å². The average molecular weight is 491 g/mol. The molecule has 0 unspecified atom stereocenters. The van der Waals surface area contributed by atoms with Crippen LogP contribution in [0.15, 0.2) is 60.7 Å². The van der Waals surface area contributed by atoms with Crippen molar-refractivity contribution in [2.75, 3.05) is 49.9 Å². The zero-order chi connectivity index (χ0) is 23.4. The fourth-order valence-electron chi connectivity index (χ4n) is 3.15. The molecule has 0 spiro atoms. The highest BCUT2D eigenvalue weighted by molar-refractivity contribution is 5.89. The van der Waals surface area contributed by atoms with Crippen LogP contribution in [0.3, 0.4) is 0 Å². The van der Waals surface area contributed by atoms with Crippen molar-refractivity contribution in [1.82, 2.24) is 21.3 Å². The Morgan fingerprint density at radius 3 is 1.29 bits per heavy atom. The van der Waals surface area contributed by atoms with Crippen LogP contribution in [0.4, 0.5) is 21.0 Å². The summed E-state index contributed by atoms with van der Waals surface area (Å²) in [6.45, 7) is 5.09. The Morgan fingerprint density at radius 1 is 0.500 bits per heavy atom. The lowest BCUT2D eigenvalue weighted by molar-refractivity contribution is 0.251. The maximum absolute atomic E-state index is 11.8. The summed E-state index contributed by atoms with van der Waals surface area (Å²) in [4.78, 5) is 23.5. The van der Waals surface area contributed by atoms with E-state index in [9.17, 15) is 9.59 Å². The van der Waals surface area contributed by atoms with Crippen molar-refractivity contribution in [2.24, 2.45) is 0 Å². The van der Waals surface area contributed by atoms with Gasteiger partial charge >= 0.3 is 12.1 Å². The SMILES string of the molecule is Cl.O=C(NCCCNCCCCCNCCCNC(=O)Nc1ccccc1)Nc1ccccc1. The molecule has 0 aliphatic carbocycles. The molecule has 0 bridgehead atoms. The molecule has 0 aliphatic rings. The summed E-state index contributed by atoms with van der Waals surface area (Å²) < 4.78 is 0. The molecule has 188 valence electrons. The predicted molar refractivity (Wildman–Crippen MR) is 143 cm³/mol. The van der Waals surface area contributed by atoms with Crippen molar-refractivity contribution in [3.05, 3.63) is 60.7 Å². The third kappa shape index (κ3) is 15.1. The average Bonchev–Trinajstić information content (AvgIpc) is 2.83. The largest absolute Gasteiger partial charge is 0.338 e. The van der Waals surface area contributed by atoms with Crippen LogP contribution in [0.2, 0.25) is 0 Å². The molecule has 9 heteroatoms. The van der Waals surface area contributed by atoms with Crippen molar-refractivity contribution in [2.45, 2.75) is 32.1 Å². The highest BCUT2D eigenvalue weighted by atomic mass is 35.5. The minimum atomic E-state index is -0.167. The molecule has 0 aliphatic heterocycles. The van der Waals surface area contributed by atoms with Gasteiger partial charge in [0.25, 0.3) is 0 Å². The molecule has 8 nitrogen and oxygen atoms in total. The number of anilines is 2. The van der Waals surface area contributed by atoms with Gasteiger partial charge < -0.3 is 31.9 Å². The van der Waals surface area contributed by atoms with Gasteiger partial charge in [-0.05, 0) is 76.1 Å².